The number of halogens is 3. The van der Waals surface area contributed by atoms with Crippen molar-refractivity contribution in [2.24, 2.45) is 0 Å². The highest BCUT2D eigenvalue weighted by atomic mass is 19.4. The first-order valence-corrected chi connectivity index (χ1v) is 5.14. The van der Waals surface area contributed by atoms with Crippen LogP contribution in [-0.4, -0.2) is 19.7 Å². The minimum absolute atomic E-state index is 0.206. The number of rotatable bonds is 2. The number of hydrogen-bond acceptors (Lipinski definition) is 4. The highest BCUT2D eigenvalue weighted by Crippen LogP contribution is 2.31. The standard InChI is InChI=1S/C10H10F3N5/c1-2-18-7(3-8(17-18)10(11,12)13)6-4-16-9(14)5-15-6/h3-5H,2H2,1H3,(H2,14,16). The van der Waals surface area contributed by atoms with Gasteiger partial charge in [-0.1, -0.05) is 0 Å². The maximum Gasteiger partial charge on any atom is 0.435 e. The van der Waals surface area contributed by atoms with Gasteiger partial charge >= 0.3 is 6.18 Å². The third kappa shape index (κ3) is 2.27. The zero-order valence-electron chi connectivity index (χ0n) is 9.44. The number of alkyl halides is 3. The molecule has 2 heterocycles. The zero-order valence-corrected chi connectivity index (χ0v) is 9.44. The molecule has 0 saturated heterocycles. The Balaban J connectivity index is 2.50. The van der Waals surface area contributed by atoms with Crippen molar-refractivity contribution in [2.45, 2.75) is 19.6 Å². The fraction of sp³-hybridized carbons (Fsp3) is 0.300. The van der Waals surface area contributed by atoms with Gasteiger partial charge in [-0.3, -0.25) is 4.68 Å². The molecule has 2 aromatic heterocycles. The maximum atomic E-state index is 12.6. The molecule has 8 heteroatoms. The summed E-state index contributed by atoms with van der Waals surface area (Å²) in [6, 6.07) is 0.948. The van der Waals surface area contributed by atoms with Crippen molar-refractivity contribution >= 4 is 5.82 Å². The van der Waals surface area contributed by atoms with E-state index in [1.54, 1.807) is 6.92 Å². The van der Waals surface area contributed by atoms with E-state index in [0.717, 1.165) is 6.07 Å². The molecule has 0 unspecified atom stereocenters. The van der Waals surface area contributed by atoms with Gasteiger partial charge in [0.2, 0.25) is 0 Å². The molecule has 0 aromatic carbocycles. The van der Waals surface area contributed by atoms with Gasteiger partial charge in [-0.25, -0.2) is 9.97 Å². The van der Waals surface area contributed by atoms with Gasteiger partial charge in [0.15, 0.2) is 5.69 Å². The van der Waals surface area contributed by atoms with Gasteiger partial charge < -0.3 is 5.73 Å². The van der Waals surface area contributed by atoms with Crippen LogP contribution in [0.4, 0.5) is 19.0 Å². The van der Waals surface area contributed by atoms with Crippen LogP contribution in [0.3, 0.4) is 0 Å². The second-order valence-electron chi connectivity index (χ2n) is 3.55. The lowest BCUT2D eigenvalue weighted by molar-refractivity contribution is -0.141. The SMILES string of the molecule is CCn1nc(C(F)(F)F)cc1-c1cnc(N)cn1. The third-order valence-electron chi connectivity index (χ3n) is 2.30. The van der Waals surface area contributed by atoms with Crippen LogP contribution < -0.4 is 5.73 Å². The fourth-order valence-corrected chi connectivity index (χ4v) is 1.47. The zero-order chi connectivity index (χ0) is 13.3. The highest BCUT2D eigenvalue weighted by molar-refractivity contribution is 5.55. The van der Waals surface area contributed by atoms with Crippen LogP contribution in [0.5, 0.6) is 0 Å². The van der Waals surface area contributed by atoms with Crippen molar-refractivity contribution in [3.8, 4) is 11.4 Å². The molecule has 2 N–H and O–H groups in total. The van der Waals surface area contributed by atoms with Crippen molar-refractivity contribution in [3.63, 3.8) is 0 Å². The van der Waals surface area contributed by atoms with Crippen molar-refractivity contribution in [1.82, 2.24) is 19.7 Å². The van der Waals surface area contributed by atoms with E-state index in [-0.39, 0.29) is 11.5 Å². The second-order valence-corrected chi connectivity index (χ2v) is 3.55. The lowest BCUT2D eigenvalue weighted by Gasteiger charge is -2.03. The van der Waals surface area contributed by atoms with Crippen LogP contribution in [0.2, 0.25) is 0 Å². The summed E-state index contributed by atoms with van der Waals surface area (Å²) in [5, 5.41) is 3.49. The monoisotopic (exact) mass is 257 g/mol. The van der Waals surface area contributed by atoms with Gasteiger partial charge in [0, 0.05) is 6.54 Å². The van der Waals surface area contributed by atoms with Crippen LogP contribution in [0, 0.1) is 0 Å². The van der Waals surface area contributed by atoms with E-state index in [1.807, 2.05) is 0 Å². The molecule has 0 spiro atoms. The van der Waals surface area contributed by atoms with Crippen molar-refractivity contribution in [2.75, 3.05) is 5.73 Å². The summed E-state index contributed by atoms with van der Waals surface area (Å²) in [7, 11) is 0. The Morgan fingerprint density at radius 2 is 2.00 bits per heavy atom. The summed E-state index contributed by atoms with van der Waals surface area (Å²) >= 11 is 0. The Labute approximate surface area is 100 Å². The van der Waals surface area contributed by atoms with Crippen LogP contribution in [-0.2, 0) is 12.7 Å². The Hall–Kier alpha value is -2.12. The molecule has 0 bridgehead atoms. The minimum atomic E-state index is -4.48. The number of aryl methyl sites for hydroxylation is 1. The largest absolute Gasteiger partial charge is 0.435 e. The number of anilines is 1. The molecule has 0 amide bonds. The first-order chi connectivity index (χ1) is 8.41. The number of hydrogen-bond donors (Lipinski definition) is 1. The third-order valence-corrected chi connectivity index (χ3v) is 2.30. The molecule has 0 radical (unpaired) electrons. The van der Waals surface area contributed by atoms with Crippen LogP contribution in [0.1, 0.15) is 12.6 Å². The Kier molecular flexibility index (Phi) is 2.93. The van der Waals surface area contributed by atoms with Crippen LogP contribution in [0.25, 0.3) is 11.4 Å². The molecule has 0 saturated carbocycles. The lowest BCUT2D eigenvalue weighted by Crippen LogP contribution is -2.07. The molecule has 5 nitrogen and oxygen atoms in total. The molecule has 0 aliphatic heterocycles. The normalized spacial score (nSPS) is 11.8. The summed E-state index contributed by atoms with van der Waals surface area (Å²) < 4.78 is 38.9. The summed E-state index contributed by atoms with van der Waals surface area (Å²) in [5.41, 5.74) is 4.99. The smallest absolute Gasteiger partial charge is 0.382 e. The van der Waals surface area contributed by atoms with Crippen LogP contribution in [0.15, 0.2) is 18.5 Å². The Morgan fingerprint density at radius 3 is 2.50 bits per heavy atom. The molecule has 18 heavy (non-hydrogen) atoms. The summed E-state index contributed by atoms with van der Waals surface area (Å²) in [6.45, 7) is 2.00. The first kappa shape index (κ1) is 12.3. The first-order valence-electron chi connectivity index (χ1n) is 5.14. The van der Waals surface area contributed by atoms with E-state index in [4.69, 9.17) is 5.73 Å². The Bertz CT molecular complexity index is 544. The van der Waals surface area contributed by atoms with E-state index in [1.165, 1.54) is 17.1 Å². The molecule has 0 aliphatic rings. The van der Waals surface area contributed by atoms with Crippen LogP contribution >= 0.6 is 0 Å². The second kappa shape index (κ2) is 4.28. The van der Waals surface area contributed by atoms with Crippen molar-refractivity contribution in [3.05, 3.63) is 24.2 Å². The van der Waals surface area contributed by atoms with Gasteiger partial charge in [-0.15, -0.1) is 0 Å². The van der Waals surface area contributed by atoms with Gasteiger partial charge in [-0.05, 0) is 13.0 Å². The summed E-state index contributed by atoms with van der Waals surface area (Å²) in [5.74, 6) is 0.206. The van der Waals surface area contributed by atoms with Crippen molar-refractivity contribution in [1.29, 1.82) is 0 Å². The predicted molar refractivity (Wildman–Crippen MR) is 58.3 cm³/mol. The summed E-state index contributed by atoms with van der Waals surface area (Å²) in [6.07, 6.45) is -1.87. The average Bonchev–Trinajstić information content (AvgIpc) is 2.73. The molecular weight excluding hydrogens is 247 g/mol. The van der Waals surface area contributed by atoms with E-state index in [9.17, 15) is 13.2 Å². The van der Waals surface area contributed by atoms with Gasteiger partial charge in [0.25, 0.3) is 0 Å². The molecule has 0 atom stereocenters. The molecule has 2 rings (SSSR count). The van der Waals surface area contributed by atoms with Gasteiger partial charge in [0.1, 0.15) is 11.5 Å². The number of nitrogens with two attached hydrogens (primary N) is 1. The van der Waals surface area contributed by atoms with E-state index in [0.29, 0.717) is 12.2 Å². The highest BCUT2D eigenvalue weighted by Gasteiger charge is 2.35. The molecule has 0 aliphatic carbocycles. The fourth-order valence-electron chi connectivity index (χ4n) is 1.47. The maximum absolute atomic E-state index is 12.6. The van der Waals surface area contributed by atoms with Gasteiger partial charge in [-0.2, -0.15) is 18.3 Å². The minimum Gasteiger partial charge on any atom is -0.382 e. The molecule has 2 aromatic rings. The number of nitrogens with zero attached hydrogens (tertiary/aromatic N) is 4. The molecular formula is C10H10F3N5. The number of aromatic nitrogens is 4. The Morgan fingerprint density at radius 1 is 1.28 bits per heavy atom. The lowest BCUT2D eigenvalue weighted by atomic mass is 10.3. The summed E-state index contributed by atoms with van der Waals surface area (Å²) in [4.78, 5) is 7.73. The van der Waals surface area contributed by atoms with E-state index < -0.39 is 11.9 Å². The quantitative estimate of drug-likeness (QED) is 0.892. The number of nitrogen functional groups attached to an aromatic ring is 1. The molecule has 96 valence electrons. The van der Waals surface area contributed by atoms with Gasteiger partial charge in [0.05, 0.1) is 18.1 Å². The molecule has 0 fully saturated rings. The van der Waals surface area contributed by atoms with E-state index >= 15 is 0 Å². The van der Waals surface area contributed by atoms with Crippen molar-refractivity contribution < 1.29 is 13.2 Å². The predicted octanol–water partition coefficient (Wildman–Crippen LogP) is 1.96. The average molecular weight is 257 g/mol. The van der Waals surface area contributed by atoms with E-state index in [2.05, 4.69) is 15.1 Å². The topological polar surface area (TPSA) is 69.6 Å².